The highest BCUT2D eigenvalue weighted by molar-refractivity contribution is 6.30. The molecule has 82 valence electrons. The Kier molecular flexibility index (Phi) is 3.46. The minimum absolute atomic E-state index is 0.157. The Labute approximate surface area is 94.0 Å². The van der Waals surface area contributed by atoms with Gasteiger partial charge in [0, 0.05) is 24.5 Å². The predicted octanol–water partition coefficient (Wildman–Crippen LogP) is 1.23. The Bertz CT molecular complexity index is 343. The zero-order valence-corrected chi connectivity index (χ0v) is 9.13. The van der Waals surface area contributed by atoms with Gasteiger partial charge in [0.2, 0.25) is 0 Å². The third-order valence-electron chi connectivity index (χ3n) is 2.42. The number of benzene rings is 1. The van der Waals surface area contributed by atoms with Gasteiger partial charge in [0.1, 0.15) is 11.9 Å². The van der Waals surface area contributed by atoms with Gasteiger partial charge in [-0.3, -0.25) is 0 Å². The van der Waals surface area contributed by atoms with Crippen LogP contribution in [0.5, 0.6) is 5.75 Å². The zero-order chi connectivity index (χ0) is 10.7. The summed E-state index contributed by atoms with van der Waals surface area (Å²) in [7, 11) is 0. The fraction of sp³-hybridized carbons (Fsp3) is 0.455. The minimum atomic E-state index is 0.157. The topological polar surface area (TPSA) is 41.5 Å². The van der Waals surface area contributed by atoms with E-state index in [9.17, 15) is 0 Å². The highest BCUT2D eigenvalue weighted by Crippen LogP contribution is 2.30. The van der Waals surface area contributed by atoms with Gasteiger partial charge in [-0.15, -0.1) is 0 Å². The molecule has 1 unspecified atom stereocenters. The molecular weight excluding hydrogens is 214 g/mol. The van der Waals surface area contributed by atoms with Crippen molar-refractivity contribution in [3.63, 3.8) is 0 Å². The number of fused-ring (bicyclic) bond motifs is 1. The lowest BCUT2D eigenvalue weighted by Gasteiger charge is -2.10. The number of nitrogens with one attached hydrogen (secondary N) is 1. The lowest BCUT2D eigenvalue weighted by Crippen LogP contribution is -2.31. The first-order chi connectivity index (χ1) is 7.29. The second-order valence-corrected chi connectivity index (χ2v) is 4.06. The van der Waals surface area contributed by atoms with Crippen LogP contribution in [0.1, 0.15) is 5.56 Å². The van der Waals surface area contributed by atoms with E-state index in [1.54, 1.807) is 0 Å². The molecule has 1 aliphatic heterocycles. The molecule has 0 fully saturated rings. The van der Waals surface area contributed by atoms with Gasteiger partial charge in [0.25, 0.3) is 0 Å². The van der Waals surface area contributed by atoms with Gasteiger partial charge >= 0.3 is 0 Å². The molecule has 0 saturated carbocycles. The van der Waals surface area contributed by atoms with E-state index >= 15 is 0 Å². The smallest absolute Gasteiger partial charge is 0.123 e. The molecule has 2 N–H and O–H groups in total. The maximum absolute atomic E-state index is 8.63. The van der Waals surface area contributed by atoms with E-state index < -0.39 is 0 Å². The van der Waals surface area contributed by atoms with Crippen molar-refractivity contribution in [3.05, 3.63) is 28.8 Å². The van der Waals surface area contributed by atoms with Crippen LogP contribution in [0.4, 0.5) is 0 Å². The van der Waals surface area contributed by atoms with Gasteiger partial charge in [-0.1, -0.05) is 11.6 Å². The normalized spacial score (nSPS) is 18.7. The highest BCUT2D eigenvalue weighted by atomic mass is 35.5. The van der Waals surface area contributed by atoms with E-state index in [1.807, 2.05) is 18.2 Å². The molecule has 1 aromatic carbocycles. The molecular formula is C11H14ClNO2. The maximum atomic E-state index is 8.63. The van der Waals surface area contributed by atoms with Gasteiger partial charge in [-0.2, -0.15) is 0 Å². The molecule has 3 nitrogen and oxygen atoms in total. The van der Waals surface area contributed by atoms with Crippen molar-refractivity contribution in [2.45, 2.75) is 12.5 Å². The summed E-state index contributed by atoms with van der Waals surface area (Å²) in [5, 5.41) is 12.5. The van der Waals surface area contributed by atoms with Gasteiger partial charge in [-0.25, -0.2) is 0 Å². The third-order valence-corrected chi connectivity index (χ3v) is 2.66. The van der Waals surface area contributed by atoms with Crippen LogP contribution in [0, 0.1) is 0 Å². The van der Waals surface area contributed by atoms with Gasteiger partial charge in [-0.05, 0) is 23.8 Å². The largest absolute Gasteiger partial charge is 0.488 e. The van der Waals surface area contributed by atoms with Crippen LogP contribution >= 0.6 is 11.6 Å². The summed E-state index contributed by atoms with van der Waals surface area (Å²) in [5.41, 5.74) is 1.17. The second kappa shape index (κ2) is 4.84. The van der Waals surface area contributed by atoms with Crippen molar-refractivity contribution in [3.8, 4) is 5.75 Å². The van der Waals surface area contributed by atoms with E-state index in [1.165, 1.54) is 5.56 Å². The first-order valence-corrected chi connectivity index (χ1v) is 5.44. The third kappa shape index (κ3) is 2.62. The second-order valence-electron chi connectivity index (χ2n) is 3.62. The molecule has 0 aliphatic carbocycles. The molecule has 0 radical (unpaired) electrons. The molecule has 0 saturated heterocycles. The van der Waals surface area contributed by atoms with Crippen molar-refractivity contribution in [2.24, 2.45) is 0 Å². The fourth-order valence-electron chi connectivity index (χ4n) is 1.74. The molecule has 4 heteroatoms. The molecule has 1 aliphatic rings. The number of rotatable bonds is 4. The van der Waals surface area contributed by atoms with Crippen LogP contribution in [-0.2, 0) is 6.42 Å². The molecule has 0 bridgehead atoms. The molecule has 1 aromatic rings. The summed E-state index contributed by atoms with van der Waals surface area (Å²) in [4.78, 5) is 0. The molecule has 0 aromatic heterocycles. The number of halogens is 1. The van der Waals surface area contributed by atoms with E-state index in [0.29, 0.717) is 6.54 Å². The van der Waals surface area contributed by atoms with Gasteiger partial charge < -0.3 is 15.2 Å². The van der Waals surface area contributed by atoms with Gasteiger partial charge in [0.15, 0.2) is 0 Å². The molecule has 2 rings (SSSR count). The van der Waals surface area contributed by atoms with Crippen LogP contribution in [-0.4, -0.2) is 30.9 Å². The average molecular weight is 228 g/mol. The first-order valence-electron chi connectivity index (χ1n) is 5.06. The van der Waals surface area contributed by atoms with Crippen LogP contribution < -0.4 is 10.1 Å². The summed E-state index contributed by atoms with van der Waals surface area (Å²) in [5.74, 6) is 0.926. The molecule has 0 amide bonds. The number of aliphatic hydroxyl groups is 1. The van der Waals surface area contributed by atoms with E-state index in [2.05, 4.69) is 5.32 Å². The summed E-state index contributed by atoms with van der Waals surface area (Å²) in [6.07, 6.45) is 1.04. The summed E-state index contributed by atoms with van der Waals surface area (Å²) < 4.78 is 5.71. The van der Waals surface area contributed by atoms with Crippen molar-refractivity contribution in [1.29, 1.82) is 0 Å². The number of hydrogen-bond donors (Lipinski definition) is 2. The van der Waals surface area contributed by atoms with Crippen LogP contribution in [0.25, 0.3) is 0 Å². The molecule has 0 spiro atoms. The summed E-state index contributed by atoms with van der Waals surface area (Å²) >= 11 is 5.89. The Morgan fingerprint density at radius 1 is 1.53 bits per heavy atom. The summed E-state index contributed by atoms with van der Waals surface area (Å²) in [6, 6.07) is 5.69. The van der Waals surface area contributed by atoms with Crippen molar-refractivity contribution < 1.29 is 9.84 Å². The van der Waals surface area contributed by atoms with E-state index in [-0.39, 0.29) is 12.7 Å². The fourth-order valence-corrected chi connectivity index (χ4v) is 1.94. The zero-order valence-electron chi connectivity index (χ0n) is 8.37. The Morgan fingerprint density at radius 2 is 2.40 bits per heavy atom. The van der Waals surface area contributed by atoms with E-state index in [0.717, 1.165) is 23.7 Å². The Hall–Kier alpha value is -0.770. The number of ether oxygens (including phenoxy) is 1. The molecule has 15 heavy (non-hydrogen) atoms. The SMILES string of the molecule is OCCNCC1Cc2cc(Cl)ccc2O1. The lowest BCUT2D eigenvalue weighted by molar-refractivity contribution is 0.219. The highest BCUT2D eigenvalue weighted by Gasteiger charge is 2.22. The van der Waals surface area contributed by atoms with Crippen LogP contribution in [0.15, 0.2) is 18.2 Å². The number of aliphatic hydroxyl groups excluding tert-OH is 1. The number of hydrogen-bond acceptors (Lipinski definition) is 3. The summed E-state index contributed by atoms with van der Waals surface area (Å²) in [6.45, 7) is 1.52. The predicted molar refractivity (Wildman–Crippen MR) is 59.5 cm³/mol. The molecule has 1 atom stereocenters. The standard InChI is InChI=1S/C11H14ClNO2/c12-9-1-2-11-8(5-9)6-10(15-11)7-13-3-4-14/h1-2,5,10,13-14H,3-4,6-7H2. The monoisotopic (exact) mass is 227 g/mol. The maximum Gasteiger partial charge on any atom is 0.123 e. The first kappa shape index (κ1) is 10.7. The van der Waals surface area contributed by atoms with Crippen LogP contribution in [0.3, 0.4) is 0 Å². The van der Waals surface area contributed by atoms with E-state index in [4.69, 9.17) is 21.4 Å². The molecule has 1 heterocycles. The lowest BCUT2D eigenvalue weighted by atomic mass is 10.1. The van der Waals surface area contributed by atoms with Crippen molar-refractivity contribution >= 4 is 11.6 Å². The van der Waals surface area contributed by atoms with Gasteiger partial charge in [0.05, 0.1) is 6.61 Å². The van der Waals surface area contributed by atoms with Crippen molar-refractivity contribution in [1.82, 2.24) is 5.32 Å². The quantitative estimate of drug-likeness (QED) is 0.761. The average Bonchev–Trinajstić information content (AvgIpc) is 2.60. The Morgan fingerprint density at radius 3 is 3.20 bits per heavy atom. The Balaban J connectivity index is 1.91. The van der Waals surface area contributed by atoms with Crippen LogP contribution in [0.2, 0.25) is 5.02 Å². The van der Waals surface area contributed by atoms with Crippen molar-refractivity contribution in [2.75, 3.05) is 19.7 Å². The minimum Gasteiger partial charge on any atom is -0.488 e.